The lowest BCUT2D eigenvalue weighted by Gasteiger charge is -2.28. The van der Waals surface area contributed by atoms with Crippen molar-refractivity contribution in [3.8, 4) is 0 Å². The van der Waals surface area contributed by atoms with E-state index in [9.17, 15) is 9.90 Å². The Bertz CT molecular complexity index is 231. The zero-order valence-electron chi connectivity index (χ0n) is 9.95. The maximum absolute atomic E-state index is 11.4. The number of alkyl carbamates (subject to hydrolysis) is 1. The zero-order chi connectivity index (χ0) is 11.5. The molecular weight excluding hydrogens is 232 g/mol. The standard InChI is InChI=1S/C10H20N2O3.ClH/c1-10(2,3)15-9(14)12-7-4-8(13)6-11-5-7;/h7-8,11,13H,4-6H2,1-3H3,(H,12,14);1H/t7-,8+;/m0./s1. The molecule has 96 valence electrons. The van der Waals surface area contributed by atoms with Gasteiger partial charge in [0.1, 0.15) is 5.60 Å². The Labute approximate surface area is 102 Å². The molecule has 1 aliphatic rings. The lowest BCUT2D eigenvalue weighted by molar-refractivity contribution is 0.0463. The SMILES string of the molecule is CC(C)(C)OC(=O)N[C@@H]1CNC[C@H](O)C1.Cl. The highest BCUT2D eigenvalue weighted by atomic mass is 35.5. The summed E-state index contributed by atoms with van der Waals surface area (Å²) in [6, 6.07) is -0.0522. The fraction of sp³-hybridized carbons (Fsp3) is 0.900. The number of nitrogens with one attached hydrogen (secondary N) is 2. The molecule has 5 nitrogen and oxygen atoms in total. The fourth-order valence-electron chi connectivity index (χ4n) is 1.50. The van der Waals surface area contributed by atoms with Gasteiger partial charge in [-0.05, 0) is 27.2 Å². The van der Waals surface area contributed by atoms with E-state index in [1.165, 1.54) is 0 Å². The van der Waals surface area contributed by atoms with E-state index in [0.717, 1.165) is 0 Å². The Hall–Kier alpha value is -0.520. The van der Waals surface area contributed by atoms with Gasteiger partial charge >= 0.3 is 6.09 Å². The molecule has 1 saturated heterocycles. The Morgan fingerprint density at radius 1 is 1.44 bits per heavy atom. The number of aliphatic hydroxyl groups is 1. The summed E-state index contributed by atoms with van der Waals surface area (Å²) in [5, 5.41) is 15.1. The molecule has 0 aromatic heterocycles. The maximum atomic E-state index is 11.4. The van der Waals surface area contributed by atoms with Crippen LogP contribution in [0, 0.1) is 0 Å². The minimum absolute atomic E-state index is 0. The van der Waals surface area contributed by atoms with Gasteiger partial charge in [0.25, 0.3) is 0 Å². The number of aliphatic hydroxyl groups excluding tert-OH is 1. The van der Waals surface area contributed by atoms with Crippen molar-refractivity contribution in [1.82, 2.24) is 10.6 Å². The second-order valence-corrected chi connectivity index (χ2v) is 4.89. The van der Waals surface area contributed by atoms with Gasteiger partial charge in [-0.2, -0.15) is 0 Å². The monoisotopic (exact) mass is 252 g/mol. The molecule has 0 aromatic carbocycles. The number of amides is 1. The summed E-state index contributed by atoms with van der Waals surface area (Å²) in [6.45, 7) is 6.73. The first-order valence-corrected chi connectivity index (χ1v) is 5.25. The Morgan fingerprint density at radius 2 is 2.06 bits per heavy atom. The molecule has 0 spiro atoms. The zero-order valence-corrected chi connectivity index (χ0v) is 10.8. The van der Waals surface area contributed by atoms with Crippen molar-refractivity contribution in [3.05, 3.63) is 0 Å². The van der Waals surface area contributed by atoms with E-state index in [1.807, 2.05) is 20.8 Å². The first-order valence-electron chi connectivity index (χ1n) is 5.25. The molecule has 0 saturated carbocycles. The van der Waals surface area contributed by atoms with Gasteiger partial charge < -0.3 is 20.5 Å². The molecule has 1 heterocycles. The Morgan fingerprint density at radius 3 is 2.56 bits per heavy atom. The van der Waals surface area contributed by atoms with E-state index in [1.54, 1.807) is 0 Å². The van der Waals surface area contributed by atoms with Crippen LogP contribution < -0.4 is 10.6 Å². The van der Waals surface area contributed by atoms with Crippen molar-refractivity contribution in [2.45, 2.75) is 44.9 Å². The van der Waals surface area contributed by atoms with Crippen LogP contribution in [0.4, 0.5) is 4.79 Å². The summed E-state index contributed by atoms with van der Waals surface area (Å²) in [6.07, 6.45) is -0.242. The smallest absolute Gasteiger partial charge is 0.407 e. The maximum Gasteiger partial charge on any atom is 0.407 e. The van der Waals surface area contributed by atoms with Crippen molar-refractivity contribution < 1.29 is 14.6 Å². The van der Waals surface area contributed by atoms with Gasteiger partial charge in [-0.3, -0.25) is 0 Å². The fourth-order valence-corrected chi connectivity index (χ4v) is 1.50. The summed E-state index contributed by atoms with van der Waals surface area (Å²) in [4.78, 5) is 11.4. The van der Waals surface area contributed by atoms with Crippen LogP contribution in [0.3, 0.4) is 0 Å². The molecule has 6 heteroatoms. The van der Waals surface area contributed by atoms with Gasteiger partial charge in [0.2, 0.25) is 0 Å². The largest absolute Gasteiger partial charge is 0.444 e. The highest BCUT2D eigenvalue weighted by Crippen LogP contribution is 2.08. The second kappa shape index (κ2) is 6.27. The van der Waals surface area contributed by atoms with Gasteiger partial charge in [-0.15, -0.1) is 12.4 Å². The molecule has 1 aliphatic heterocycles. The third kappa shape index (κ3) is 6.15. The van der Waals surface area contributed by atoms with Crippen molar-refractivity contribution in [1.29, 1.82) is 0 Å². The van der Waals surface area contributed by atoms with Crippen LogP contribution in [0.2, 0.25) is 0 Å². The molecule has 0 unspecified atom stereocenters. The van der Waals surface area contributed by atoms with Gasteiger partial charge in [0.05, 0.1) is 6.10 Å². The lowest BCUT2D eigenvalue weighted by Crippen LogP contribution is -2.51. The number of hydrogen-bond donors (Lipinski definition) is 3. The highest BCUT2D eigenvalue weighted by Gasteiger charge is 2.23. The van der Waals surface area contributed by atoms with Crippen LogP contribution in [0.25, 0.3) is 0 Å². The number of piperidine rings is 1. The van der Waals surface area contributed by atoms with Crippen LogP contribution in [0.15, 0.2) is 0 Å². The minimum atomic E-state index is -0.481. The van der Waals surface area contributed by atoms with E-state index < -0.39 is 17.8 Å². The summed E-state index contributed by atoms with van der Waals surface area (Å²) in [5.74, 6) is 0. The van der Waals surface area contributed by atoms with Crippen LogP contribution in [0.5, 0.6) is 0 Å². The second-order valence-electron chi connectivity index (χ2n) is 4.89. The topological polar surface area (TPSA) is 70.6 Å². The van der Waals surface area contributed by atoms with Crippen LogP contribution in [0.1, 0.15) is 27.2 Å². The lowest BCUT2D eigenvalue weighted by atomic mass is 10.1. The molecule has 0 radical (unpaired) electrons. The average Bonchev–Trinajstić information content (AvgIpc) is 1.99. The molecule has 0 bridgehead atoms. The number of halogens is 1. The molecule has 1 amide bonds. The average molecular weight is 253 g/mol. The number of carbonyl (C=O) groups is 1. The molecular formula is C10H21ClN2O3. The van der Waals surface area contributed by atoms with Crippen molar-refractivity contribution in [2.75, 3.05) is 13.1 Å². The van der Waals surface area contributed by atoms with E-state index in [4.69, 9.17) is 4.74 Å². The number of rotatable bonds is 1. The summed E-state index contributed by atoms with van der Waals surface area (Å²) in [7, 11) is 0. The van der Waals surface area contributed by atoms with Gasteiger partial charge in [-0.25, -0.2) is 4.79 Å². The van der Waals surface area contributed by atoms with Crippen molar-refractivity contribution in [3.63, 3.8) is 0 Å². The molecule has 3 N–H and O–H groups in total. The van der Waals surface area contributed by atoms with Gasteiger partial charge in [0.15, 0.2) is 0 Å². The Balaban J connectivity index is 0.00000225. The van der Waals surface area contributed by atoms with E-state index in [0.29, 0.717) is 19.5 Å². The van der Waals surface area contributed by atoms with Crippen molar-refractivity contribution >= 4 is 18.5 Å². The number of carbonyl (C=O) groups excluding carboxylic acids is 1. The van der Waals surface area contributed by atoms with Crippen LogP contribution in [-0.4, -0.2) is 42.0 Å². The van der Waals surface area contributed by atoms with Crippen LogP contribution >= 0.6 is 12.4 Å². The first-order chi connectivity index (χ1) is 6.87. The summed E-state index contributed by atoms with van der Waals surface area (Å²) in [5.41, 5.74) is -0.481. The number of β-amino-alcohol motifs (C(OH)–C–C–N with tert-alkyl or cyclic N) is 1. The van der Waals surface area contributed by atoms with E-state index in [2.05, 4.69) is 10.6 Å². The number of hydrogen-bond acceptors (Lipinski definition) is 4. The van der Waals surface area contributed by atoms with Gasteiger partial charge in [0, 0.05) is 19.1 Å². The minimum Gasteiger partial charge on any atom is -0.444 e. The molecule has 16 heavy (non-hydrogen) atoms. The first kappa shape index (κ1) is 15.5. The molecule has 1 rings (SSSR count). The normalized spacial score (nSPS) is 25.5. The van der Waals surface area contributed by atoms with Crippen LogP contribution in [-0.2, 0) is 4.74 Å². The Kier molecular flexibility index (Phi) is 6.07. The van der Waals surface area contributed by atoms with E-state index in [-0.39, 0.29) is 18.4 Å². The van der Waals surface area contributed by atoms with Gasteiger partial charge in [-0.1, -0.05) is 0 Å². The highest BCUT2D eigenvalue weighted by molar-refractivity contribution is 5.85. The van der Waals surface area contributed by atoms with Crippen molar-refractivity contribution in [2.24, 2.45) is 0 Å². The summed E-state index contributed by atoms with van der Waals surface area (Å²) >= 11 is 0. The molecule has 0 aromatic rings. The predicted octanol–water partition coefficient (Wildman–Crippen LogP) is 0.656. The predicted molar refractivity (Wildman–Crippen MR) is 63.9 cm³/mol. The number of ether oxygens (including phenoxy) is 1. The van der Waals surface area contributed by atoms with E-state index >= 15 is 0 Å². The third-order valence-corrected chi connectivity index (χ3v) is 2.05. The molecule has 0 aliphatic carbocycles. The summed E-state index contributed by atoms with van der Waals surface area (Å²) < 4.78 is 5.12. The molecule has 1 fully saturated rings. The quantitative estimate of drug-likeness (QED) is 0.641. The molecule has 2 atom stereocenters. The third-order valence-electron chi connectivity index (χ3n) is 2.05.